The quantitative estimate of drug-likeness (QED) is 0.558. The van der Waals surface area contributed by atoms with Crippen LogP contribution in [0.5, 0.6) is 17.2 Å². The van der Waals surface area contributed by atoms with Crippen molar-refractivity contribution in [3.63, 3.8) is 0 Å². The number of imide groups is 1. The van der Waals surface area contributed by atoms with Gasteiger partial charge < -0.3 is 24.3 Å². The van der Waals surface area contributed by atoms with Crippen LogP contribution in [0.15, 0.2) is 12.1 Å². The lowest BCUT2D eigenvalue weighted by molar-refractivity contribution is -0.123. The molecule has 1 saturated carbocycles. The Morgan fingerprint density at radius 1 is 0.933 bits per heavy atom. The monoisotopic (exact) mass is 422 g/mol. The van der Waals surface area contributed by atoms with E-state index < -0.39 is 24.5 Å². The maximum absolute atomic E-state index is 12.4. The van der Waals surface area contributed by atoms with Crippen LogP contribution >= 0.6 is 0 Å². The Hall–Kier alpha value is -2.97. The SMILES string of the molecule is CCOc1cc(C(=O)OCC(=O)NC(=O)NC2CCCC2)cc(OCC)c1OCC. The van der Waals surface area contributed by atoms with Gasteiger partial charge >= 0.3 is 12.0 Å². The zero-order valence-electron chi connectivity index (χ0n) is 17.7. The molecule has 9 heteroatoms. The number of hydrogen-bond donors (Lipinski definition) is 2. The lowest BCUT2D eigenvalue weighted by Crippen LogP contribution is -2.44. The van der Waals surface area contributed by atoms with E-state index in [9.17, 15) is 14.4 Å². The normalized spacial score (nSPS) is 13.4. The van der Waals surface area contributed by atoms with Gasteiger partial charge in [-0.2, -0.15) is 0 Å². The van der Waals surface area contributed by atoms with E-state index in [1.165, 1.54) is 12.1 Å². The largest absolute Gasteiger partial charge is 0.490 e. The molecular weight excluding hydrogens is 392 g/mol. The molecule has 1 aromatic carbocycles. The number of rotatable bonds is 10. The van der Waals surface area contributed by atoms with E-state index in [2.05, 4.69) is 10.6 Å². The zero-order valence-corrected chi connectivity index (χ0v) is 17.7. The van der Waals surface area contributed by atoms with E-state index in [-0.39, 0.29) is 11.6 Å². The smallest absolute Gasteiger partial charge is 0.338 e. The van der Waals surface area contributed by atoms with Gasteiger partial charge in [0.2, 0.25) is 5.75 Å². The number of carbonyl (C=O) groups excluding carboxylic acids is 3. The van der Waals surface area contributed by atoms with Crippen molar-refractivity contribution in [2.75, 3.05) is 26.4 Å². The Morgan fingerprint density at radius 2 is 1.50 bits per heavy atom. The predicted molar refractivity (Wildman–Crippen MR) is 109 cm³/mol. The minimum atomic E-state index is -0.744. The van der Waals surface area contributed by atoms with Crippen molar-refractivity contribution in [1.29, 1.82) is 0 Å². The molecule has 3 amide bonds. The Bertz CT molecular complexity index is 718. The van der Waals surface area contributed by atoms with Crippen molar-refractivity contribution in [3.8, 4) is 17.2 Å². The molecule has 166 valence electrons. The second-order valence-corrected chi connectivity index (χ2v) is 6.68. The Morgan fingerprint density at radius 3 is 2.03 bits per heavy atom. The molecule has 30 heavy (non-hydrogen) atoms. The Balaban J connectivity index is 1.99. The first-order chi connectivity index (χ1) is 14.5. The molecule has 0 aromatic heterocycles. The van der Waals surface area contributed by atoms with Crippen LogP contribution in [0.4, 0.5) is 4.79 Å². The van der Waals surface area contributed by atoms with Crippen molar-refractivity contribution in [2.24, 2.45) is 0 Å². The van der Waals surface area contributed by atoms with Crippen molar-refractivity contribution >= 4 is 17.9 Å². The van der Waals surface area contributed by atoms with Crippen LogP contribution in [-0.2, 0) is 9.53 Å². The van der Waals surface area contributed by atoms with Crippen molar-refractivity contribution < 1.29 is 33.3 Å². The summed E-state index contributed by atoms with van der Waals surface area (Å²) in [5.41, 5.74) is 0.147. The summed E-state index contributed by atoms with van der Waals surface area (Å²) in [6.45, 7) is 5.98. The first-order valence-corrected chi connectivity index (χ1v) is 10.3. The highest BCUT2D eigenvalue weighted by Crippen LogP contribution is 2.39. The molecule has 0 saturated heterocycles. The lowest BCUT2D eigenvalue weighted by Gasteiger charge is -2.17. The molecule has 2 N–H and O–H groups in total. The highest BCUT2D eigenvalue weighted by molar-refractivity contribution is 5.97. The second kappa shape index (κ2) is 11.9. The predicted octanol–water partition coefficient (Wildman–Crippen LogP) is 2.81. The summed E-state index contributed by atoms with van der Waals surface area (Å²) in [4.78, 5) is 36.2. The van der Waals surface area contributed by atoms with E-state index in [1.54, 1.807) is 0 Å². The number of benzene rings is 1. The summed E-state index contributed by atoms with van der Waals surface area (Å²) >= 11 is 0. The average molecular weight is 422 g/mol. The van der Waals surface area contributed by atoms with Gasteiger partial charge in [-0.3, -0.25) is 10.1 Å². The molecular formula is C21H30N2O7. The standard InChI is InChI=1S/C21H30N2O7/c1-4-27-16-11-14(12-17(28-5-2)19(16)29-6-3)20(25)30-13-18(24)23-21(26)22-15-9-7-8-10-15/h11-12,15H,4-10,13H2,1-3H3,(H2,22,23,24,26). The number of amides is 3. The first-order valence-electron chi connectivity index (χ1n) is 10.3. The molecule has 0 atom stereocenters. The molecule has 1 fully saturated rings. The van der Waals surface area contributed by atoms with E-state index in [0.717, 1.165) is 25.7 Å². The summed E-state index contributed by atoms with van der Waals surface area (Å²) in [6.07, 6.45) is 3.93. The van der Waals surface area contributed by atoms with Gasteiger partial charge in [0.15, 0.2) is 18.1 Å². The molecule has 0 bridgehead atoms. The molecule has 9 nitrogen and oxygen atoms in total. The summed E-state index contributed by atoms with van der Waals surface area (Å²) in [5, 5.41) is 4.90. The van der Waals surface area contributed by atoms with Gasteiger partial charge in [0.05, 0.1) is 25.4 Å². The number of nitrogens with one attached hydrogen (secondary N) is 2. The fourth-order valence-corrected chi connectivity index (χ4v) is 3.18. The van der Waals surface area contributed by atoms with Crippen LogP contribution in [0, 0.1) is 0 Å². The summed E-state index contributed by atoms with van der Waals surface area (Å²) < 4.78 is 21.8. The maximum atomic E-state index is 12.4. The molecule has 1 aliphatic carbocycles. The van der Waals surface area contributed by atoms with Gasteiger partial charge in [0.25, 0.3) is 5.91 Å². The number of esters is 1. The van der Waals surface area contributed by atoms with E-state index >= 15 is 0 Å². The number of carbonyl (C=O) groups is 3. The number of urea groups is 1. The Labute approximate surface area is 176 Å². The number of hydrogen-bond acceptors (Lipinski definition) is 7. The third-order valence-corrected chi connectivity index (χ3v) is 4.42. The maximum Gasteiger partial charge on any atom is 0.338 e. The van der Waals surface area contributed by atoms with Crippen molar-refractivity contribution in [1.82, 2.24) is 10.6 Å². The minimum absolute atomic E-state index is 0.0816. The molecule has 0 unspecified atom stereocenters. The molecule has 1 aromatic rings. The molecule has 0 heterocycles. The van der Waals surface area contributed by atoms with E-state index in [4.69, 9.17) is 18.9 Å². The van der Waals surface area contributed by atoms with Gasteiger partial charge in [-0.25, -0.2) is 9.59 Å². The van der Waals surface area contributed by atoms with Gasteiger partial charge in [0, 0.05) is 6.04 Å². The highest BCUT2D eigenvalue weighted by atomic mass is 16.5. The molecule has 0 aliphatic heterocycles. The number of ether oxygens (including phenoxy) is 4. The Kier molecular flexibility index (Phi) is 9.24. The lowest BCUT2D eigenvalue weighted by atomic mass is 10.2. The van der Waals surface area contributed by atoms with Crippen LogP contribution in [0.2, 0.25) is 0 Å². The van der Waals surface area contributed by atoms with Gasteiger partial charge in [0.1, 0.15) is 0 Å². The van der Waals surface area contributed by atoms with Crippen molar-refractivity contribution in [3.05, 3.63) is 17.7 Å². The fourth-order valence-electron chi connectivity index (χ4n) is 3.18. The fraction of sp³-hybridized carbons (Fsp3) is 0.571. The summed E-state index contributed by atoms with van der Waals surface area (Å²) in [7, 11) is 0. The summed E-state index contributed by atoms with van der Waals surface area (Å²) in [6, 6.07) is 2.45. The highest BCUT2D eigenvalue weighted by Gasteiger charge is 2.21. The van der Waals surface area contributed by atoms with Crippen LogP contribution in [0.3, 0.4) is 0 Å². The molecule has 0 spiro atoms. The summed E-state index contributed by atoms with van der Waals surface area (Å²) in [5.74, 6) is -0.361. The molecule has 1 aliphatic rings. The average Bonchev–Trinajstić information content (AvgIpc) is 3.21. The van der Waals surface area contributed by atoms with Crippen LogP contribution in [0.1, 0.15) is 56.8 Å². The topological polar surface area (TPSA) is 112 Å². The molecule has 0 radical (unpaired) electrons. The van der Waals surface area contributed by atoms with Crippen LogP contribution in [0.25, 0.3) is 0 Å². The van der Waals surface area contributed by atoms with E-state index in [1.807, 2.05) is 20.8 Å². The minimum Gasteiger partial charge on any atom is -0.490 e. The third-order valence-electron chi connectivity index (χ3n) is 4.42. The van der Waals surface area contributed by atoms with Crippen LogP contribution < -0.4 is 24.8 Å². The van der Waals surface area contributed by atoms with Crippen LogP contribution in [-0.4, -0.2) is 50.4 Å². The van der Waals surface area contributed by atoms with Gasteiger partial charge in [-0.15, -0.1) is 0 Å². The van der Waals surface area contributed by atoms with E-state index in [0.29, 0.717) is 37.1 Å². The van der Waals surface area contributed by atoms with Crippen molar-refractivity contribution in [2.45, 2.75) is 52.5 Å². The zero-order chi connectivity index (χ0) is 21.9. The molecule has 2 rings (SSSR count). The first kappa shape index (κ1) is 23.3. The van der Waals surface area contributed by atoms with Gasteiger partial charge in [-0.1, -0.05) is 12.8 Å². The second-order valence-electron chi connectivity index (χ2n) is 6.68. The third kappa shape index (κ3) is 6.82. The van der Waals surface area contributed by atoms with Gasteiger partial charge in [-0.05, 0) is 45.7 Å².